The molecule has 0 bridgehead atoms. The Kier molecular flexibility index (Phi) is 5.13. The van der Waals surface area contributed by atoms with Crippen LogP contribution in [0.5, 0.6) is 0 Å². The number of anilines is 2. The molecule has 1 aromatic heterocycles. The van der Waals surface area contributed by atoms with E-state index >= 15 is 0 Å². The Morgan fingerprint density at radius 1 is 1.26 bits per heavy atom. The van der Waals surface area contributed by atoms with Crippen molar-refractivity contribution in [1.82, 2.24) is 4.98 Å². The Hall–Kier alpha value is -1.83. The fraction of sp³-hybridized carbons (Fsp3) is 0.600. The molecule has 0 spiro atoms. The summed E-state index contributed by atoms with van der Waals surface area (Å²) in [5, 5.41) is 5.83. The molecule has 0 atom stereocenters. The minimum atomic E-state index is -2.86. The number of pyridine rings is 1. The molecular formula is C15H23N3O4S. The van der Waals surface area contributed by atoms with Crippen LogP contribution in [0.15, 0.2) is 18.3 Å². The second kappa shape index (κ2) is 6.74. The van der Waals surface area contributed by atoms with E-state index < -0.39 is 21.5 Å². The molecular weight excluding hydrogens is 318 g/mol. The Morgan fingerprint density at radius 2 is 1.91 bits per heavy atom. The molecule has 0 aliphatic carbocycles. The highest BCUT2D eigenvalue weighted by atomic mass is 32.2. The maximum atomic E-state index is 11.6. The number of nitrogens with zero attached hydrogens (tertiary/aromatic N) is 1. The first-order valence-corrected chi connectivity index (χ1v) is 9.38. The van der Waals surface area contributed by atoms with Crippen molar-refractivity contribution in [3.8, 4) is 0 Å². The second-order valence-electron chi connectivity index (χ2n) is 6.63. The van der Waals surface area contributed by atoms with Gasteiger partial charge in [-0.25, -0.2) is 18.2 Å². The molecule has 1 fully saturated rings. The van der Waals surface area contributed by atoms with Crippen LogP contribution in [0.2, 0.25) is 0 Å². The molecule has 0 saturated carbocycles. The van der Waals surface area contributed by atoms with E-state index in [1.165, 1.54) is 0 Å². The maximum absolute atomic E-state index is 11.6. The predicted molar refractivity (Wildman–Crippen MR) is 89.4 cm³/mol. The average molecular weight is 341 g/mol. The number of sulfone groups is 1. The van der Waals surface area contributed by atoms with Gasteiger partial charge in [-0.1, -0.05) is 0 Å². The van der Waals surface area contributed by atoms with Gasteiger partial charge in [-0.3, -0.25) is 5.32 Å². The van der Waals surface area contributed by atoms with Gasteiger partial charge < -0.3 is 10.1 Å². The number of aromatic nitrogens is 1. The highest BCUT2D eigenvalue weighted by Gasteiger charge is 2.23. The van der Waals surface area contributed by atoms with Gasteiger partial charge in [0, 0.05) is 6.04 Å². The van der Waals surface area contributed by atoms with Crippen molar-refractivity contribution >= 4 is 27.4 Å². The van der Waals surface area contributed by atoms with Gasteiger partial charge >= 0.3 is 6.09 Å². The first-order valence-electron chi connectivity index (χ1n) is 7.56. The predicted octanol–water partition coefficient (Wildman–Crippen LogP) is 2.42. The van der Waals surface area contributed by atoms with Gasteiger partial charge in [0.25, 0.3) is 0 Å². The van der Waals surface area contributed by atoms with Crippen LogP contribution in [-0.4, -0.2) is 42.6 Å². The first-order chi connectivity index (χ1) is 10.6. The van der Waals surface area contributed by atoms with Crippen LogP contribution < -0.4 is 10.6 Å². The second-order valence-corrected chi connectivity index (χ2v) is 8.93. The molecule has 2 heterocycles. The van der Waals surface area contributed by atoms with Crippen LogP contribution in [-0.2, 0) is 14.6 Å². The van der Waals surface area contributed by atoms with E-state index in [-0.39, 0.29) is 17.5 Å². The van der Waals surface area contributed by atoms with E-state index in [2.05, 4.69) is 15.6 Å². The molecule has 1 aromatic rings. The van der Waals surface area contributed by atoms with Crippen molar-refractivity contribution in [3.05, 3.63) is 18.3 Å². The summed E-state index contributed by atoms with van der Waals surface area (Å²) in [5.74, 6) is 0.836. The van der Waals surface area contributed by atoms with Gasteiger partial charge in [-0.05, 0) is 45.7 Å². The van der Waals surface area contributed by atoms with Crippen LogP contribution >= 0.6 is 0 Å². The fourth-order valence-electron chi connectivity index (χ4n) is 2.23. The number of hydrogen-bond acceptors (Lipinski definition) is 6. The van der Waals surface area contributed by atoms with E-state index in [9.17, 15) is 13.2 Å². The van der Waals surface area contributed by atoms with E-state index in [0.717, 1.165) is 5.69 Å². The van der Waals surface area contributed by atoms with Crippen LogP contribution in [0, 0.1) is 0 Å². The molecule has 1 amide bonds. The smallest absolute Gasteiger partial charge is 0.413 e. The zero-order valence-electron chi connectivity index (χ0n) is 13.6. The molecule has 1 aliphatic rings. The SMILES string of the molecule is CC(C)(C)OC(=O)Nc1ccc(NC2CCS(=O)(=O)CC2)cn1. The van der Waals surface area contributed by atoms with Gasteiger partial charge in [0.1, 0.15) is 21.3 Å². The van der Waals surface area contributed by atoms with Gasteiger partial charge in [-0.2, -0.15) is 0 Å². The quantitative estimate of drug-likeness (QED) is 0.876. The molecule has 1 aliphatic heterocycles. The fourth-order valence-corrected chi connectivity index (χ4v) is 3.72. The molecule has 0 unspecified atom stereocenters. The normalized spacial score (nSPS) is 18.2. The third-order valence-corrected chi connectivity index (χ3v) is 5.03. The molecule has 0 radical (unpaired) electrons. The van der Waals surface area contributed by atoms with Crippen molar-refractivity contribution in [3.63, 3.8) is 0 Å². The van der Waals surface area contributed by atoms with Crippen LogP contribution in [0.25, 0.3) is 0 Å². The third kappa shape index (κ3) is 6.05. The van der Waals surface area contributed by atoms with Crippen LogP contribution in [0.1, 0.15) is 33.6 Å². The van der Waals surface area contributed by atoms with Crippen LogP contribution in [0.4, 0.5) is 16.3 Å². The lowest BCUT2D eigenvalue weighted by molar-refractivity contribution is 0.0635. The molecule has 8 heteroatoms. The minimum absolute atomic E-state index is 0.130. The highest BCUT2D eigenvalue weighted by molar-refractivity contribution is 7.91. The molecule has 7 nitrogen and oxygen atoms in total. The van der Waals surface area contributed by atoms with Gasteiger partial charge in [0.2, 0.25) is 0 Å². The van der Waals surface area contributed by atoms with Gasteiger partial charge in [-0.15, -0.1) is 0 Å². The zero-order chi connectivity index (χ0) is 17.1. The Morgan fingerprint density at radius 3 is 2.43 bits per heavy atom. The largest absolute Gasteiger partial charge is 0.444 e. The lowest BCUT2D eigenvalue weighted by Crippen LogP contribution is -2.32. The number of hydrogen-bond donors (Lipinski definition) is 2. The highest BCUT2D eigenvalue weighted by Crippen LogP contribution is 2.18. The van der Waals surface area contributed by atoms with E-state index in [0.29, 0.717) is 18.7 Å². The number of carbonyl (C=O) groups excluding carboxylic acids is 1. The topological polar surface area (TPSA) is 97.4 Å². The average Bonchev–Trinajstić information content (AvgIpc) is 2.41. The van der Waals surface area contributed by atoms with E-state index in [1.807, 2.05) is 0 Å². The van der Waals surface area contributed by atoms with Gasteiger partial charge in [0.05, 0.1) is 23.4 Å². The summed E-state index contributed by atoms with van der Waals surface area (Å²) >= 11 is 0. The molecule has 23 heavy (non-hydrogen) atoms. The summed E-state index contributed by atoms with van der Waals surface area (Å²) in [4.78, 5) is 15.8. The molecule has 1 saturated heterocycles. The lowest BCUT2D eigenvalue weighted by Gasteiger charge is -2.24. The summed E-state index contributed by atoms with van der Waals surface area (Å²) in [6, 6.07) is 3.60. The Labute approximate surface area is 136 Å². The molecule has 2 rings (SSSR count). The number of ether oxygens (including phenoxy) is 1. The monoisotopic (exact) mass is 341 g/mol. The Bertz CT molecular complexity index is 636. The number of nitrogens with one attached hydrogen (secondary N) is 2. The maximum Gasteiger partial charge on any atom is 0.413 e. The molecule has 128 valence electrons. The van der Waals surface area contributed by atoms with Gasteiger partial charge in [0.15, 0.2) is 0 Å². The lowest BCUT2D eigenvalue weighted by atomic mass is 10.1. The number of carbonyl (C=O) groups is 1. The van der Waals surface area contributed by atoms with E-state index in [4.69, 9.17) is 4.74 Å². The third-order valence-electron chi connectivity index (χ3n) is 3.32. The number of amides is 1. The summed E-state index contributed by atoms with van der Waals surface area (Å²) in [7, 11) is -2.86. The van der Waals surface area contributed by atoms with E-state index in [1.54, 1.807) is 39.1 Å². The summed E-state index contributed by atoms with van der Waals surface area (Å²) in [5.41, 5.74) is 0.233. The summed E-state index contributed by atoms with van der Waals surface area (Å²) < 4.78 is 28.0. The zero-order valence-corrected chi connectivity index (χ0v) is 14.4. The molecule has 0 aromatic carbocycles. The van der Waals surface area contributed by atoms with Crippen molar-refractivity contribution in [1.29, 1.82) is 0 Å². The number of rotatable bonds is 3. The van der Waals surface area contributed by atoms with Crippen molar-refractivity contribution < 1.29 is 17.9 Å². The molecule has 2 N–H and O–H groups in total. The summed E-state index contributed by atoms with van der Waals surface area (Å²) in [6.45, 7) is 5.37. The van der Waals surface area contributed by atoms with Crippen molar-refractivity contribution in [2.75, 3.05) is 22.1 Å². The minimum Gasteiger partial charge on any atom is -0.444 e. The van der Waals surface area contributed by atoms with Crippen LogP contribution in [0.3, 0.4) is 0 Å². The first kappa shape index (κ1) is 17.5. The summed E-state index contributed by atoms with van der Waals surface area (Å²) in [6.07, 6.45) is 2.25. The van der Waals surface area contributed by atoms with Crippen molar-refractivity contribution in [2.45, 2.75) is 45.3 Å². The van der Waals surface area contributed by atoms with Crippen molar-refractivity contribution in [2.24, 2.45) is 0 Å². The standard InChI is InChI=1S/C15H23N3O4S/c1-15(2,3)22-14(19)18-13-5-4-12(10-16-13)17-11-6-8-23(20,21)9-7-11/h4-5,10-11,17H,6-9H2,1-3H3,(H,16,18,19). The Balaban J connectivity index is 1.86.